The van der Waals surface area contributed by atoms with E-state index < -0.39 is 0 Å². The van der Waals surface area contributed by atoms with Gasteiger partial charge in [0.05, 0.1) is 19.2 Å². The number of β-amino-alcohol motifs (C(OH)–C–C–N with tert-alkyl or cyclic N) is 1. The number of aliphatic hydroxyl groups is 1. The molecule has 1 fully saturated rings. The summed E-state index contributed by atoms with van der Waals surface area (Å²) in [6.45, 7) is 6.66. The number of aliphatic hydroxyl groups excluding tert-OH is 1. The molecule has 1 N–H and O–H groups in total. The van der Waals surface area contributed by atoms with Crippen molar-refractivity contribution >= 4 is 5.91 Å². The number of rotatable bonds is 6. The minimum absolute atomic E-state index is 0.0671. The lowest BCUT2D eigenvalue weighted by atomic mass is 10.1. The molecule has 0 unspecified atom stereocenters. The second-order valence-electron chi connectivity index (χ2n) is 6.07. The van der Waals surface area contributed by atoms with Crippen molar-refractivity contribution in [1.82, 2.24) is 14.7 Å². The van der Waals surface area contributed by atoms with Crippen molar-refractivity contribution in [1.29, 1.82) is 0 Å². The summed E-state index contributed by atoms with van der Waals surface area (Å²) in [5.74, 6) is -0.201. The van der Waals surface area contributed by atoms with Crippen molar-refractivity contribution < 1.29 is 14.3 Å². The Morgan fingerprint density at radius 1 is 1.22 bits per heavy atom. The number of carbonyl (C=O) groups is 1. The first-order chi connectivity index (χ1) is 11.0. The first-order valence-electron chi connectivity index (χ1n) is 8.08. The summed E-state index contributed by atoms with van der Waals surface area (Å²) in [7, 11) is 1.79. The van der Waals surface area contributed by atoms with Crippen molar-refractivity contribution in [2.24, 2.45) is 0 Å². The van der Waals surface area contributed by atoms with Gasteiger partial charge in [0.25, 0.3) is 0 Å². The number of hydrogen-bond acceptors (Lipinski definition) is 4. The molecule has 128 valence electrons. The Labute approximate surface area is 137 Å². The minimum Gasteiger partial charge on any atom is -0.395 e. The molecule has 0 saturated carbocycles. The van der Waals surface area contributed by atoms with E-state index in [1.54, 1.807) is 24.1 Å². The van der Waals surface area contributed by atoms with Crippen molar-refractivity contribution in [2.75, 3.05) is 52.9 Å². The minimum atomic E-state index is -0.268. The van der Waals surface area contributed by atoms with Gasteiger partial charge in [-0.25, -0.2) is 4.39 Å². The molecular weight excluding hydrogens is 297 g/mol. The second kappa shape index (κ2) is 8.38. The lowest BCUT2D eigenvalue weighted by Gasteiger charge is -2.35. The zero-order chi connectivity index (χ0) is 16.8. The highest BCUT2D eigenvalue weighted by molar-refractivity contribution is 5.78. The summed E-state index contributed by atoms with van der Waals surface area (Å²) in [6.07, 6.45) is 0. The van der Waals surface area contributed by atoms with E-state index in [-0.39, 0.29) is 24.4 Å². The molecular formula is C17H26FN3O2. The molecule has 0 aromatic heterocycles. The molecule has 23 heavy (non-hydrogen) atoms. The predicted molar refractivity (Wildman–Crippen MR) is 87.6 cm³/mol. The van der Waals surface area contributed by atoms with E-state index in [4.69, 9.17) is 5.11 Å². The summed E-state index contributed by atoms with van der Waals surface area (Å²) in [5, 5.41) is 8.95. The van der Waals surface area contributed by atoms with Gasteiger partial charge in [0.2, 0.25) is 5.91 Å². The monoisotopic (exact) mass is 323 g/mol. The quantitative estimate of drug-likeness (QED) is 0.847. The molecule has 0 bridgehead atoms. The fourth-order valence-electron chi connectivity index (χ4n) is 2.80. The molecule has 1 aromatic carbocycles. The van der Waals surface area contributed by atoms with E-state index in [1.807, 2.05) is 6.92 Å². The summed E-state index contributed by atoms with van der Waals surface area (Å²) < 4.78 is 13.0. The maximum atomic E-state index is 13.0. The number of benzene rings is 1. The molecule has 5 nitrogen and oxygen atoms in total. The van der Waals surface area contributed by atoms with Crippen LogP contribution in [0, 0.1) is 5.82 Å². The van der Waals surface area contributed by atoms with Crippen LogP contribution in [0.1, 0.15) is 18.5 Å². The molecule has 1 aromatic rings. The van der Waals surface area contributed by atoms with Gasteiger partial charge >= 0.3 is 0 Å². The average molecular weight is 323 g/mol. The highest BCUT2D eigenvalue weighted by Crippen LogP contribution is 2.19. The Hall–Kier alpha value is -1.50. The number of piperazine rings is 1. The smallest absolute Gasteiger partial charge is 0.236 e. The molecule has 0 radical (unpaired) electrons. The van der Waals surface area contributed by atoms with Gasteiger partial charge in [0.1, 0.15) is 5.82 Å². The maximum Gasteiger partial charge on any atom is 0.236 e. The summed E-state index contributed by atoms with van der Waals surface area (Å²) >= 11 is 0. The fourth-order valence-corrected chi connectivity index (χ4v) is 2.80. The summed E-state index contributed by atoms with van der Waals surface area (Å²) in [4.78, 5) is 18.5. The van der Waals surface area contributed by atoms with Crippen LogP contribution in [0.2, 0.25) is 0 Å². The summed E-state index contributed by atoms with van der Waals surface area (Å²) in [6, 6.07) is 6.20. The Morgan fingerprint density at radius 3 is 2.35 bits per heavy atom. The zero-order valence-electron chi connectivity index (χ0n) is 13.9. The Morgan fingerprint density at radius 2 is 1.78 bits per heavy atom. The Balaban J connectivity index is 1.84. The van der Waals surface area contributed by atoms with E-state index in [0.717, 1.165) is 31.7 Å². The molecule has 1 atom stereocenters. The molecule has 6 heteroatoms. The molecule has 1 amide bonds. The van der Waals surface area contributed by atoms with E-state index in [2.05, 4.69) is 9.80 Å². The van der Waals surface area contributed by atoms with E-state index in [1.165, 1.54) is 12.1 Å². The maximum absolute atomic E-state index is 13.0. The third-order valence-electron chi connectivity index (χ3n) is 4.57. The van der Waals surface area contributed by atoms with Gasteiger partial charge in [0, 0.05) is 39.8 Å². The van der Waals surface area contributed by atoms with E-state index in [0.29, 0.717) is 13.1 Å². The first-order valence-corrected chi connectivity index (χ1v) is 8.08. The number of likely N-dealkylation sites (N-methyl/N-ethyl adjacent to an activating group) is 1. The van der Waals surface area contributed by atoms with Crippen molar-refractivity contribution in [3.8, 4) is 0 Å². The topological polar surface area (TPSA) is 47.0 Å². The highest BCUT2D eigenvalue weighted by Gasteiger charge is 2.22. The van der Waals surface area contributed by atoms with Crippen LogP contribution in [0.3, 0.4) is 0 Å². The van der Waals surface area contributed by atoms with Gasteiger partial charge in [-0.05, 0) is 24.6 Å². The first kappa shape index (κ1) is 17.8. The van der Waals surface area contributed by atoms with Crippen LogP contribution in [0.4, 0.5) is 4.39 Å². The van der Waals surface area contributed by atoms with Gasteiger partial charge in [-0.3, -0.25) is 14.6 Å². The third-order valence-corrected chi connectivity index (χ3v) is 4.57. The molecule has 0 spiro atoms. The Kier molecular flexibility index (Phi) is 6.50. The SMILES string of the molecule is C[C@H](c1ccc(F)cc1)N(C)C(=O)CN1CCN(CCO)CC1. The molecule has 1 aliphatic rings. The lowest BCUT2D eigenvalue weighted by Crippen LogP contribution is -2.50. The van der Waals surface area contributed by atoms with Crippen LogP contribution in [0.15, 0.2) is 24.3 Å². The van der Waals surface area contributed by atoms with E-state index >= 15 is 0 Å². The van der Waals surface area contributed by atoms with Gasteiger partial charge in [0.15, 0.2) is 0 Å². The largest absolute Gasteiger partial charge is 0.395 e. The zero-order valence-corrected chi connectivity index (χ0v) is 13.9. The van der Waals surface area contributed by atoms with Crippen LogP contribution >= 0.6 is 0 Å². The third kappa shape index (κ3) is 4.99. The molecule has 2 rings (SSSR count). The highest BCUT2D eigenvalue weighted by atomic mass is 19.1. The van der Waals surface area contributed by atoms with Crippen LogP contribution in [-0.4, -0.2) is 78.6 Å². The van der Waals surface area contributed by atoms with Crippen LogP contribution < -0.4 is 0 Å². The lowest BCUT2D eigenvalue weighted by molar-refractivity contribution is -0.133. The van der Waals surface area contributed by atoms with E-state index in [9.17, 15) is 9.18 Å². The van der Waals surface area contributed by atoms with Crippen LogP contribution in [0.25, 0.3) is 0 Å². The standard InChI is InChI=1S/C17H26FN3O2/c1-14(15-3-5-16(18)6-4-15)19(2)17(23)13-21-9-7-20(8-10-21)11-12-22/h3-6,14,22H,7-13H2,1-2H3/t14-/m1/s1. The van der Waals surface area contributed by atoms with Gasteiger partial charge in [-0.1, -0.05) is 12.1 Å². The molecule has 1 aliphatic heterocycles. The second-order valence-corrected chi connectivity index (χ2v) is 6.07. The van der Waals surface area contributed by atoms with Crippen molar-refractivity contribution in [3.63, 3.8) is 0 Å². The number of hydrogen-bond donors (Lipinski definition) is 1. The number of amides is 1. The Bertz CT molecular complexity index is 501. The van der Waals surface area contributed by atoms with Crippen molar-refractivity contribution in [3.05, 3.63) is 35.6 Å². The average Bonchev–Trinajstić information content (AvgIpc) is 2.56. The fraction of sp³-hybridized carbons (Fsp3) is 0.588. The molecule has 1 heterocycles. The predicted octanol–water partition coefficient (Wildman–Crippen LogP) is 0.955. The van der Waals surface area contributed by atoms with Gasteiger partial charge in [-0.2, -0.15) is 0 Å². The molecule has 0 aliphatic carbocycles. The van der Waals surface area contributed by atoms with Crippen LogP contribution in [-0.2, 0) is 4.79 Å². The van der Waals surface area contributed by atoms with Gasteiger partial charge in [-0.15, -0.1) is 0 Å². The normalized spacial score (nSPS) is 17.9. The summed E-state index contributed by atoms with van der Waals surface area (Å²) in [5.41, 5.74) is 0.926. The number of nitrogens with zero attached hydrogens (tertiary/aromatic N) is 3. The number of halogens is 1. The molecule has 1 saturated heterocycles. The van der Waals surface area contributed by atoms with Crippen LogP contribution in [0.5, 0.6) is 0 Å². The number of carbonyl (C=O) groups excluding carboxylic acids is 1. The van der Waals surface area contributed by atoms with Crippen molar-refractivity contribution in [2.45, 2.75) is 13.0 Å². The van der Waals surface area contributed by atoms with Gasteiger partial charge < -0.3 is 10.0 Å².